The van der Waals surface area contributed by atoms with E-state index >= 15 is 0 Å². The third-order valence-corrected chi connectivity index (χ3v) is 5.69. The molecule has 0 heterocycles. The zero-order valence-electron chi connectivity index (χ0n) is 10.3. The highest BCUT2D eigenvalue weighted by atomic mass is 32.2. The van der Waals surface area contributed by atoms with Gasteiger partial charge in [-0.1, -0.05) is 12.8 Å². The fourth-order valence-corrected chi connectivity index (χ4v) is 5.11. The Morgan fingerprint density at radius 1 is 1.22 bits per heavy atom. The van der Waals surface area contributed by atoms with Crippen LogP contribution in [0.4, 0.5) is 0 Å². The van der Waals surface area contributed by atoms with Crippen LogP contribution < -0.4 is 10.5 Å². The second-order valence-electron chi connectivity index (χ2n) is 4.75. The summed E-state index contributed by atoms with van der Waals surface area (Å²) in [5.74, 6) is -1.14. The van der Waals surface area contributed by atoms with Crippen LogP contribution in [-0.4, -0.2) is 46.0 Å². The summed E-state index contributed by atoms with van der Waals surface area (Å²) in [4.78, 5) is 0. The van der Waals surface area contributed by atoms with Gasteiger partial charge >= 0.3 is 0 Å². The second kappa shape index (κ2) is 5.14. The van der Waals surface area contributed by atoms with Gasteiger partial charge in [0.2, 0.25) is 10.0 Å². The van der Waals surface area contributed by atoms with Gasteiger partial charge in [-0.25, -0.2) is 21.6 Å². The van der Waals surface area contributed by atoms with Crippen molar-refractivity contribution >= 4 is 25.7 Å². The Hall–Kier alpha value is -0.670. The smallest absolute Gasteiger partial charge is 0.213 e. The molecule has 9 heteroatoms. The minimum atomic E-state index is -3.75. The van der Waals surface area contributed by atoms with Gasteiger partial charge < -0.3 is 5.73 Å². The fraction of sp³-hybridized carbons (Fsp3) is 0.889. The number of sulfonamides is 1. The van der Waals surface area contributed by atoms with E-state index in [4.69, 9.17) is 11.1 Å². The zero-order chi connectivity index (χ0) is 14.0. The molecule has 0 aromatic heterocycles. The molecule has 1 saturated carbocycles. The summed E-state index contributed by atoms with van der Waals surface area (Å²) in [6.07, 6.45) is 3.56. The van der Waals surface area contributed by atoms with Gasteiger partial charge in [-0.15, -0.1) is 0 Å². The molecule has 7 nitrogen and oxygen atoms in total. The Bertz CT molecular complexity index is 518. The van der Waals surface area contributed by atoms with Gasteiger partial charge in [-0.05, 0) is 12.8 Å². The van der Waals surface area contributed by atoms with E-state index < -0.39 is 36.9 Å². The summed E-state index contributed by atoms with van der Waals surface area (Å²) in [5, 5.41) is 7.51. The number of hydrogen-bond donors (Lipinski definition) is 3. The van der Waals surface area contributed by atoms with E-state index in [1.807, 2.05) is 0 Å². The normalized spacial score (nSPS) is 19.8. The standard InChI is InChI=1S/C9H19N3O4S2/c1-17(13,14)6-7-18(15,16)12-9(8(10)11)4-2-3-5-9/h12H,2-7H2,1H3,(H3,10,11). The molecule has 18 heavy (non-hydrogen) atoms. The monoisotopic (exact) mass is 297 g/mol. The second-order valence-corrected chi connectivity index (χ2v) is 8.86. The summed E-state index contributed by atoms with van der Waals surface area (Å²) in [7, 11) is -7.09. The third-order valence-electron chi connectivity index (χ3n) is 3.05. The first-order chi connectivity index (χ1) is 8.06. The number of rotatable bonds is 6. The molecule has 1 rings (SSSR count). The lowest BCUT2D eigenvalue weighted by Crippen LogP contribution is -2.56. The molecule has 106 valence electrons. The van der Waals surface area contributed by atoms with Crippen molar-refractivity contribution in [2.45, 2.75) is 31.2 Å². The average Bonchev–Trinajstić information content (AvgIpc) is 2.63. The highest BCUT2D eigenvalue weighted by Gasteiger charge is 2.40. The number of amidine groups is 1. The Balaban J connectivity index is 2.78. The molecule has 0 amide bonds. The Labute approximate surface area is 108 Å². The molecule has 0 radical (unpaired) electrons. The molecule has 0 atom stereocenters. The maximum Gasteiger partial charge on any atom is 0.213 e. The van der Waals surface area contributed by atoms with E-state index in [0.29, 0.717) is 12.8 Å². The summed E-state index contributed by atoms with van der Waals surface area (Å²) in [5.41, 5.74) is 4.44. The minimum absolute atomic E-state index is 0.206. The maximum atomic E-state index is 11.8. The highest BCUT2D eigenvalue weighted by molar-refractivity contribution is 7.93. The largest absolute Gasteiger partial charge is 0.386 e. The molecule has 0 spiro atoms. The molecule has 1 fully saturated rings. The van der Waals surface area contributed by atoms with Crippen LogP contribution in [-0.2, 0) is 19.9 Å². The minimum Gasteiger partial charge on any atom is -0.386 e. The van der Waals surface area contributed by atoms with Gasteiger partial charge in [0.15, 0.2) is 0 Å². The number of hydrogen-bond acceptors (Lipinski definition) is 5. The van der Waals surface area contributed by atoms with Crippen LogP contribution in [0.25, 0.3) is 0 Å². The van der Waals surface area contributed by atoms with Crippen molar-refractivity contribution in [3.05, 3.63) is 0 Å². The molecule has 0 aromatic rings. The SMILES string of the molecule is CS(=O)(=O)CCS(=O)(=O)NC1(C(=N)N)CCCC1. The molecule has 1 aliphatic carbocycles. The van der Waals surface area contributed by atoms with Gasteiger partial charge in [0, 0.05) is 6.26 Å². The average molecular weight is 297 g/mol. The van der Waals surface area contributed by atoms with Gasteiger partial charge in [0.25, 0.3) is 0 Å². The molecule has 0 aromatic carbocycles. The van der Waals surface area contributed by atoms with Crippen molar-refractivity contribution in [1.29, 1.82) is 5.41 Å². The topological polar surface area (TPSA) is 130 Å². The number of sulfone groups is 1. The summed E-state index contributed by atoms with van der Waals surface area (Å²) < 4.78 is 48.0. The maximum absolute atomic E-state index is 11.8. The van der Waals surface area contributed by atoms with Crippen LogP contribution >= 0.6 is 0 Å². The van der Waals surface area contributed by atoms with Crippen molar-refractivity contribution in [1.82, 2.24) is 4.72 Å². The van der Waals surface area contributed by atoms with E-state index in [9.17, 15) is 16.8 Å². The fourth-order valence-electron chi connectivity index (χ4n) is 2.01. The quantitative estimate of drug-likeness (QED) is 0.436. The van der Waals surface area contributed by atoms with Crippen molar-refractivity contribution in [2.75, 3.05) is 17.8 Å². The Morgan fingerprint density at radius 2 is 1.72 bits per heavy atom. The highest BCUT2D eigenvalue weighted by Crippen LogP contribution is 2.30. The molecule has 0 bridgehead atoms. The zero-order valence-corrected chi connectivity index (χ0v) is 11.9. The van der Waals surface area contributed by atoms with Gasteiger partial charge in [-0.2, -0.15) is 0 Å². The molecule has 0 aliphatic heterocycles. The van der Waals surface area contributed by atoms with E-state index in [1.54, 1.807) is 0 Å². The van der Waals surface area contributed by atoms with E-state index in [1.165, 1.54) is 0 Å². The molecule has 0 saturated heterocycles. The van der Waals surface area contributed by atoms with Crippen molar-refractivity contribution < 1.29 is 16.8 Å². The predicted octanol–water partition coefficient (Wildman–Crippen LogP) is -0.801. The van der Waals surface area contributed by atoms with Gasteiger partial charge in [0.1, 0.15) is 15.7 Å². The van der Waals surface area contributed by atoms with E-state index in [0.717, 1.165) is 19.1 Å². The molecule has 4 N–H and O–H groups in total. The molecule has 1 aliphatic rings. The van der Waals surface area contributed by atoms with E-state index in [-0.39, 0.29) is 5.84 Å². The van der Waals surface area contributed by atoms with Crippen LogP contribution in [0, 0.1) is 5.41 Å². The first kappa shape index (κ1) is 15.4. The van der Waals surface area contributed by atoms with Crippen LogP contribution in [0.1, 0.15) is 25.7 Å². The lowest BCUT2D eigenvalue weighted by Gasteiger charge is -2.28. The van der Waals surface area contributed by atoms with Crippen LogP contribution in [0.2, 0.25) is 0 Å². The van der Waals surface area contributed by atoms with Crippen molar-refractivity contribution in [3.8, 4) is 0 Å². The first-order valence-electron chi connectivity index (χ1n) is 5.60. The third kappa shape index (κ3) is 4.21. The predicted molar refractivity (Wildman–Crippen MR) is 69.7 cm³/mol. The first-order valence-corrected chi connectivity index (χ1v) is 9.31. The summed E-state index contributed by atoms with van der Waals surface area (Å²) in [6.45, 7) is 0. The Morgan fingerprint density at radius 3 is 2.11 bits per heavy atom. The number of nitrogens with two attached hydrogens (primary N) is 1. The summed E-state index contributed by atoms with van der Waals surface area (Å²) >= 11 is 0. The van der Waals surface area contributed by atoms with Crippen LogP contribution in [0.5, 0.6) is 0 Å². The van der Waals surface area contributed by atoms with E-state index in [2.05, 4.69) is 4.72 Å². The lowest BCUT2D eigenvalue weighted by molar-refractivity contribution is 0.496. The summed E-state index contributed by atoms with van der Waals surface area (Å²) in [6, 6.07) is 0. The molecular formula is C9H19N3O4S2. The molecular weight excluding hydrogens is 278 g/mol. The van der Waals surface area contributed by atoms with Crippen LogP contribution in [0.15, 0.2) is 0 Å². The Kier molecular flexibility index (Phi) is 4.39. The van der Waals surface area contributed by atoms with Crippen molar-refractivity contribution in [3.63, 3.8) is 0 Å². The number of nitrogens with one attached hydrogen (secondary N) is 2. The van der Waals surface area contributed by atoms with Gasteiger partial charge in [0.05, 0.1) is 17.0 Å². The van der Waals surface area contributed by atoms with Crippen molar-refractivity contribution in [2.24, 2.45) is 5.73 Å². The lowest BCUT2D eigenvalue weighted by atomic mass is 9.98. The molecule has 0 unspecified atom stereocenters. The van der Waals surface area contributed by atoms with Gasteiger partial charge in [-0.3, -0.25) is 5.41 Å². The van der Waals surface area contributed by atoms with Crippen LogP contribution in [0.3, 0.4) is 0 Å².